The quantitative estimate of drug-likeness (QED) is 0.165. The number of rotatable bonds is 8. The summed E-state index contributed by atoms with van der Waals surface area (Å²) in [6, 6.07) is 35.5. The first-order valence-corrected chi connectivity index (χ1v) is 16.0. The molecule has 4 aromatic heterocycles. The van der Waals surface area contributed by atoms with E-state index in [9.17, 15) is 4.79 Å². The maximum atomic E-state index is 15.2. The van der Waals surface area contributed by atoms with E-state index in [1.54, 1.807) is 30.6 Å². The van der Waals surface area contributed by atoms with Crippen molar-refractivity contribution in [1.29, 1.82) is 0 Å². The zero-order valence-corrected chi connectivity index (χ0v) is 27.2. The molecule has 4 aromatic carbocycles. The number of benzene rings is 4. The molecule has 1 amide bonds. The van der Waals surface area contributed by atoms with Crippen LogP contribution in [0.15, 0.2) is 145 Å². The maximum Gasteiger partial charge on any atom is 0.293 e. The average Bonchev–Trinajstić information content (AvgIpc) is 3.89. The van der Waals surface area contributed by atoms with Gasteiger partial charge in [0, 0.05) is 48.5 Å². The molecule has 4 heterocycles. The lowest BCUT2D eigenvalue weighted by atomic mass is 9.77. The van der Waals surface area contributed by atoms with Crippen LogP contribution in [0.4, 0.5) is 10.1 Å². The number of anilines is 1. The Hall–Kier alpha value is -6.68. The molecule has 8 rings (SSSR count). The van der Waals surface area contributed by atoms with Crippen molar-refractivity contribution >= 4 is 17.4 Å². The molecule has 8 aromatic rings. The predicted molar refractivity (Wildman–Crippen MR) is 188 cm³/mol. The van der Waals surface area contributed by atoms with Crippen molar-refractivity contribution in [2.45, 2.75) is 19.4 Å². The van der Waals surface area contributed by atoms with E-state index in [1.165, 1.54) is 18.2 Å². The van der Waals surface area contributed by atoms with Crippen LogP contribution in [0.3, 0.4) is 0 Å². The molecule has 50 heavy (non-hydrogen) atoms. The molecular weight excluding hydrogens is 629 g/mol. The van der Waals surface area contributed by atoms with Crippen LogP contribution in [-0.4, -0.2) is 34.8 Å². The van der Waals surface area contributed by atoms with E-state index >= 15 is 4.39 Å². The van der Waals surface area contributed by atoms with Gasteiger partial charge in [0.2, 0.25) is 11.5 Å². The van der Waals surface area contributed by atoms with E-state index in [2.05, 4.69) is 61.2 Å². The molecular formula is C40H30FN7O2. The summed E-state index contributed by atoms with van der Waals surface area (Å²) < 4.78 is 24.5. The molecule has 0 radical (unpaired) electrons. The van der Waals surface area contributed by atoms with Gasteiger partial charge in [-0.2, -0.15) is 0 Å². The molecule has 0 saturated heterocycles. The summed E-state index contributed by atoms with van der Waals surface area (Å²) in [4.78, 5) is 31.0. The van der Waals surface area contributed by atoms with E-state index in [0.717, 1.165) is 22.3 Å². The highest BCUT2D eigenvalue weighted by Gasteiger charge is 2.38. The van der Waals surface area contributed by atoms with Gasteiger partial charge in [-0.3, -0.25) is 9.20 Å². The van der Waals surface area contributed by atoms with E-state index in [0.29, 0.717) is 34.4 Å². The number of hydrogen-bond donors (Lipinski definition) is 1. The molecule has 0 saturated carbocycles. The summed E-state index contributed by atoms with van der Waals surface area (Å²) in [6.45, 7) is 3.36. The van der Waals surface area contributed by atoms with Gasteiger partial charge in [-0.15, -0.1) is 0 Å². The number of carbonyl (C=O) groups is 1. The molecule has 0 atom stereocenters. The Balaban J connectivity index is 1.17. The van der Waals surface area contributed by atoms with E-state index in [1.807, 2.05) is 73.3 Å². The minimum Gasteiger partial charge on any atom is -0.436 e. The van der Waals surface area contributed by atoms with Gasteiger partial charge in [0.25, 0.3) is 5.91 Å². The van der Waals surface area contributed by atoms with E-state index < -0.39 is 17.3 Å². The van der Waals surface area contributed by atoms with Gasteiger partial charge < -0.3 is 14.3 Å². The van der Waals surface area contributed by atoms with Crippen molar-refractivity contribution in [3.8, 4) is 22.5 Å². The number of imidazole rings is 2. The maximum absolute atomic E-state index is 15.2. The number of fused-ring (bicyclic) bond motifs is 1. The first kappa shape index (κ1) is 30.6. The van der Waals surface area contributed by atoms with Crippen molar-refractivity contribution in [1.82, 2.24) is 28.9 Å². The second-order valence-corrected chi connectivity index (χ2v) is 11.9. The van der Waals surface area contributed by atoms with Gasteiger partial charge in [-0.25, -0.2) is 24.3 Å². The molecule has 10 heteroatoms. The van der Waals surface area contributed by atoms with Crippen LogP contribution in [0.1, 0.15) is 38.8 Å². The third-order valence-corrected chi connectivity index (χ3v) is 8.76. The Bertz CT molecular complexity index is 2370. The lowest BCUT2D eigenvalue weighted by molar-refractivity contribution is 0.0994. The highest BCUT2D eigenvalue weighted by Crippen LogP contribution is 2.41. The number of hydrogen-bond acceptors (Lipinski definition) is 6. The SMILES string of the molecule is Cc1nc(C)c(C(=O)Nc2ccc(F)c(-c3cn4cc(-c5cn(C(c6ccccc6)(c6ccccc6)c6ccccc6)cn5)cnc4n3)c2)o1. The number of aromatic nitrogens is 6. The Kier molecular flexibility index (Phi) is 7.60. The van der Waals surface area contributed by atoms with Crippen LogP contribution in [-0.2, 0) is 5.54 Å². The van der Waals surface area contributed by atoms with Crippen LogP contribution in [0, 0.1) is 19.7 Å². The fraction of sp³-hybridized carbons (Fsp3) is 0.0750. The zero-order chi connectivity index (χ0) is 34.2. The molecule has 0 aliphatic carbocycles. The number of nitrogens with one attached hydrogen (secondary N) is 1. The van der Waals surface area contributed by atoms with Crippen LogP contribution >= 0.6 is 0 Å². The molecule has 244 valence electrons. The number of aryl methyl sites for hydroxylation is 2. The third kappa shape index (κ3) is 5.32. The summed E-state index contributed by atoms with van der Waals surface area (Å²) in [5.74, 6) is -0.0853. The summed E-state index contributed by atoms with van der Waals surface area (Å²) in [5, 5.41) is 2.76. The number of amides is 1. The predicted octanol–water partition coefficient (Wildman–Crippen LogP) is 8.10. The van der Waals surface area contributed by atoms with E-state index in [4.69, 9.17) is 9.40 Å². The van der Waals surface area contributed by atoms with Gasteiger partial charge in [-0.05, 0) is 41.8 Å². The minimum absolute atomic E-state index is 0.105. The molecule has 0 spiro atoms. The minimum atomic E-state index is -0.711. The Morgan fingerprint density at radius 2 is 1.40 bits per heavy atom. The standard InChI is InChI=1S/C40H30FN7O2/c1-26-37(50-27(2)44-26)38(49)45-32-18-19-34(41)33(20-32)36-23-47-22-28(21-42-39(47)46-36)35-24-48(25-43-35)40(29-12-6-3-7-13-29,30-14-8-4-9-15-30)31-16-10-5-11-17-31/h3-25H,1-2H3,(H,45,49). The van der Waals surface area contributed by atoms with Crippen LogP contribution in [0.25, 0.3) is 28.3 Å². The summed E-state index contributed by atoms with van der Waals surface area (Å²) in [6.07, 6.45) is 9.17. The molecule has 0 unspecified atom stereocenters. The van der Waals surface area contributed by atoms with Crippen molar-refractivity contribution in [3.63, 3.8) is 0 Å². The number of carbonyl (C=O) groups excluding carboxylic acids is 1. The topological polar surface area (TPSA) is 103 Å². The van der Waals surface area contributed by atoms with Crippen LogP contribution in [0.5, 0.6) is 0 Å². The fourth-order valence-corrected chi connectivity index (χ4v) is 6.52. The largest absolute Gasteiger partial charge is 0.436 e. The van der Waals surface area contributed by atoms with Crippen molar-refractivity contribution in [2.75, 3.05) is 5.32 Å². The van der Waals surface area contributed by atoms with Gasteiger partial charge in [-0.1, -0.05) is 91.0 Å². The normalized spacial score (nSPS) is 11.6. The number of nitrogens with zero attached hydrogens (tertiary/aromatic N) is 6. The van der Waals surface area contributed by atoms with Gasteiger partial charge >= 0.3 is 0 Å². The summed E-state index contributed by atoms with van der Waals surface area (Å²) >= 11 is 0. The molecule has 0 aliphatic rings. The van der Waals surface area contributed by atoms with Gasteiger partial charge in [0.15, 0.2) is 5.89 Å². The molecule has 9 nitrogen and oxygen atoms in total. The number of oxazole rings is 1. The first-order valence-electron chi connectivity index (χ1n) is 16.0. The first-order chi connectivity index (χ1) is 24.4. The Morgan fingerprint density at radius 3 is 2.00 bits per heavy atom. The Morgan fingerprint density at radius 1 is 0.760 bits per heavy atom. The van der Waals surface area contributed by atoms with E-state index in [-0.39, 0.29) is 11.3 Å². The third-order valence-electron chi connectivity index (χ3n) is 8.76. The van der Waals surface area contributed by atoms with Crippen molar-refractivity contribution in [3.05, 3.63) is 180 Å². The lowest BCUT2D eigenvalue weighted by Gasteiger charge is -2.37. The van der Waals surface area contributed by atoms with Gasteiger partial charge in [0.1, 0.15) is 11.4 Å². The van der Waals surface area contributed by atoms with Crippen molar-refractivity contribution in [2.24, 2.45) is 0 Å². The Labute approximate surface area is 286 Å². The monoisotopic (exact) mass is 659 g/mol. The lowest BCUT2D eigenvalue weighted by Crippen LogP contribution is -2.36. The molecule has 1 N–H and O–H groups in total. The average molecular weight is 660 g/mol. The molecule has 0 bridgehead atoms. The second kappa shape index (κ2) is 12.4. The number of halogens is 1. The van der Waals surface area contributed by atoms with Crippen LogP contribution < -0.4 is 5.32 Å². The zero-order valence-electron chi connectivity index (χ0n) is 27.2. The molecule has 0 aliphatic heterocycles. The smallest absolute Gasteiger partial charge is 0.293 e. The van der Waals surface area contributed by atoms with Crippen molar-refractivity contribution < 1.29 is 13.6 Å². The van der Waals surface area contributed by atoms with Gasteiger partial charge in [0.05, 0.1) is 23.4 Å². The second-order valence-electron chi connectivity index (χ2n) is 11.9. The molecule has 0 fully saturated rings. The highest BCUT2D eigenvalue weighted by atomic mass is 19.1. The summed E-state index contributed by atoms with van der Waals surface area (Å²) in [7, 11) is 0. The van der Waals surface area contributed by atoms with Crippen LogP contribution in [0.2, 0.25) is 0 Å². The fourth-order valence-electron chi connectivity index (χ4n) is 6.52. The highest BCUT2D eigenvalue weighted by molar-refractivity contribution is 6.03. The summed E-state index contributed by atoms with van der Waals surface area (Å²) in [5.41, 5.74) is 5.42.